The zero-order valence-electron chi connectivity index (χ0n) is 17.2. The Bertz CT molecular complexity index is 1010. The number of nitrogens with zero attached hydrogens (tertiary/aromatic N) is 3. The fourth-order valence-electron chi connectivity index (χ4n) is 2.79. The molecular formula is C22H24N4O4. The molecule has 0 aliphatic rings. The lowest BCUT2D eigenvalue weighted by Gasteiger charge is -2.17. The Morgan fingerprint density at radius 2 is 1.90 bits per heavy atom. The van der Waals surface area contributed by atoms with Crippen LogP contribution in [0.1, 0.15) is 16.2 Å². The predicted molar refractivity (Wildman–Crippen MR) is 113 cm³/mol. The first kappa shape index (κ1) is 20.9. The molecule has 1 N–H and O–H groups in total. The maximum Gasteiger partial charge on any atom is 0.254 e. The fourth-order valence-corrected chi connectivity index (χ4v) is 2.79. The van der Waals surface area contributed by atoms with E-state index in [9.17, 15) is 9.59 Å². The molecule has 2 amide bonds. The van der Waals surface area contributed by atoms with Crippen LogP contribution in [0.3, 0.4) is 0 Å². The number of methoxy groups -OCH3 is 1. The van der Waals surface area contributed by atoms with Crippen LogP contribution in [0.25, 0.3) is 0 Å². The summed E-state index contributed by atoms with van der Waals surface area (Å²) in [6.07, 6.45) is 3.56. The maximum absolute atomic E-state index is 12.6. The third-order valence-corrected chi connectivity index (χ3v) is 4.47. The lowest BCUT2D eigenvalue weighted by atomic mass is 10.2. The van der Waals surface area contributed by atoms with Gasteiger partial charge in [0.25, 0.3) is 5.91 Å². The Hall–Kier alpha value is -3.81. The van der Waals surface area contributed by atoms with Crippen molar-refractivity contribution < 1.29 is 19.1 Å². The topological polar surface area (TPSA) is 85.7 Å². The summed E-state index contributed by atoms with van der Waals surface area (Å²) in [7, 11) is 5.04. The van der Waals surface area contributed by atoms with E-state index in [1.165, 1.54) is 4.90 Å². The van der Waals surface area contributed by atoms with E-state index in [4.69, 9.17) is 9.47 Å². The number of carbonyl (C=O) groups excluding carboxylic acids is 2. The summed E-state index contributed by atoms with van der Waals surface area (Å²) >= 11 is 0. The summed E-state index contributed by atoms with van der Waals surface area (Å²) in [6.45, 7) is 0.259. The van der Waals surface area contributed by atoms with Gasteiger partial charge in [-0.25, -0.2) is 4.98 Å². The molecule has 30 heavy (non-hydrogen) atoms. The fraction of sp³-hybridized carbons (Fsp3) is 0.227. The lowest BCUT2D eigenvalue weighted by molar-refractivity contribution is -0.116. The van der Waals surface area contributed by atoms with Crippen LogP contribution >= 0.6 is 0 Å². The Kier molecular flexibility index (Phi) is 6.69. The van der Waals surface area contributed by atoms with Crippen molar-refractivity contribution in [3.05, 3.63) is 72.3 Å². The van der Waals surface area contributed by atoms with Crippen LogP contribution in [0, 0.1) is 0 Å². The van der Waals surface area contributed by atoms with Crippen molar-refractivity contribution in [2.45, 2.75) is 6.61 Å². The van der Waals surface area contributed by atoms with E-state index in [-0.39, 0.29) is 18.4 Å². The molecule has 0 unspecified atom stereocenters. The second-order valence-electron chi connectivity index (χ2n) is 6.71. The smallest absolute Gasteiger partial charge is 0.254 e. The number of aromatic nitrogens is 2. The van der Waals surface area contributed by atoms with Crippen molar-refractivity contribution >= 4 is 17.5 Å². The number of likely N-dealkylation sites (N-methyl/N-ethyl adjacent to an activating group) is 1. The highest BCUT2D eigenvalue weighted by Gasteiger charge is 2.15. The molecule has 8 heteroatoms. The van der Waals surface area contributed by atoms with Gasteiger partial charge in [0.1, 0.15) is 23.9 Å². The Balaban J connectivity index is 1.53. The number of carbonyl (C=O) groups is 2. The van der Waals surface area contributed by atoms with Crippen LogP contribution in [-0.4, -0.2) is 47.0 Å². The van der Waals surface area contributed by atoms with E-state index in [1.54, 1.807) is 68.9 Å². The molecule has 0 fully saturated rings. The number of ether oxygens (including phenoxy) is 2. The molecule has 1 aromatic heterocycles. The number of anilines is 1. The van der Waals surface area contributed by atoms with Gasteiger partial charge in [0, 0.05) is 43.8 Å². The molecule has 0 saturated carbocycles. The quantitative estimate of drug-likeness (QED) is 0.619. The summed E-state index contributed by atoms with van der Waals surface area (Å²) in [5.74, 6) is 1.52. The van der Waals surface area contributed by atoms with E-state index < -0.39 is 0 Å². The Morgan fingerprint density at radius 3 is 2.57 bits per heavy atom. The molecule has 3 aromatic rings. The van der Waals surface area contributed by atoms with Crippen LogP contribution < -0.4 is 14.8 Å². The molecular weight excluding hydrogens is 384 g/mol. The number of rotatable bonds is 8. The minimum atomic E-state index is -0.297. The average Bonchev–Trinajstić information content (AvgIpc) is 3.16. The molecule has 8 nitrogen and oxygen atoms in total. The molecule has 0 atom stereocenters. The first-order valence-corrected chi connectivity index (χ1v) is 9.34. The first-order valence-electron chi connectivity index (χ1n) is 9.34. The molecule has 0 aliphatic heterocycles. The highest BCUT2D eigenvalue weighted by molar-refractivity contribution is 5.99. The highest BCUT2D eigenvalue weighted by Crippen LogP contribution is 2.17. The van der Waals surface area contributed by atoms with Gasteiger partial charge in [-0.15, -0.1) is 0 Å². The molecule has 0 aliphatic carbocycles. The Morgan fingerprint density at radius 1 is 1.13 bits per heavy atom. The minimum absolute atomic E-state index is 0.0759. The van der Waals surface area contributed by atoms with E-state index in [2.05, 4.69) is 10.3 Å². The summed E-state index contributed by atoms with van der Waals surface area (Å²) in [5, 5.41) is 2.76. The largest absolute Gasteiger partial charge is 0.497 e. The van der Waals surface area contributed by atoms with Crippen LogP contribution in [0.2, 0.25) is 0 Å². The second-order valence-corrected chi connectivity index (χ2v) is 6.71. The SMILES string of the molecule is COc1cccc(NC(=O)CN(C)C(=O)c2ccc(OCc3nccn3C)cc2)c1. The Labute approximate surface area is 175 Å². The van der Waals surface area contributed by atoms with Gasteiger partial charge in [-0.2, -0.15) is 0 Å². The summed E-state index contributed by atoms with van der Waals surface area (Å²) in [5.41, 5.74) is 1.07. The number of imidazole rings is 1. The van der Waals surface area contributed by atoms with Crippen molar-refractivity contribution in [1.82, 2.24) is 14.5 Å². The molecule has 0 saturated heterocycles. The molecule has 3 rings (SSSR count). The van der Waals surface area contributed by atoms with Crippen LogP contribution in [-0.2, 0) is 18.4 Å². The number of amides is 2. The van der Waals surface area contributed by atoms with Gasteiger partial charge in [0.15, 0.2) is 0 Å². The van der Waals surface area contributed by atoms with Crippen molar-refractivity contribution in [2.24, 2.45) is 7.05 Å². The molecule has 0 bridgehead atoms. The van der Waals surface area contributed by atoms with Gasteiger partial charge in [-0.3, -0.25) is 9.59 Å². The van der Waals surface area contributed by atoms with Crippen LogP contribution in [0.15, 0.2) is 60.9 Å². The normalized spacial score (nSPS) is 10.4. The molecule has 0 radical (unpaired) electrons. The summed E-state index contributed by atoms with van der Waals surface area (Å²) < 4.78 is 12.7. The van der Waals surface area contributed by atoms with Gasteiger partial charge in [0.2, 0.25) is 5.91 Å². The summed E-state index contributed by atoms with van der Waals surface area (Å²) in [4.78, 5) is 30.4. The standard InChI is InChI=1S/C22H24N4O4/c1-25-12-11-23-20(25)15-30-18-9-7-16(8-10-18)22(28)26(2)14-21(27)24-17-5-4-6-19(13-17)29-3/h4-13H,14-15H2,1-3H3,(H,24,27). The zero-order valence-corrected chi connectivity index (χ0v) is 17.2. The number of hydrogen-bond acceptors (Lipinski definition) is 5. The predicted octanol–water partition coefficient (Wildman–Crippen LogP) is 2.72. The highest BCUT2D eigenvalue weighted by atomic mass is 16.5. The average molecular weight is 408 g/mol. The van der Waals surface area contributed by atoms with Crippen LogP contribution in [0.4, 0.5) is 5.69 Å². The van der Waals surface area contributed by atoms with Crippen LogP contribution in [0.5, 0.6) is 11.5 Å². The van der Waals surface area contributed by atoms with Crippen molar-refractivity contribution in [1.29, 1.82) is 0 Å². The van der Waals surface area contributed by atoms with E-state index in [1.807, 2.05) is 17.8 Å². The zero-order chi connectivity index (χ0) is 21.5. The van der Waals surface area contributed by atoms with Crippen molar-refractivity contribution in [2.75, 3.05) is 26.0 Å². The number of hydrogen-bond donors (Lipinski definition) is 1. The van der Waals surface area contributed by atoms with Gasteiger partial charge in [-0.05, 0) is 36.4 Å². The summed E-state index contributed by atoms with van der Waals surface area (Å²) in [6, 6.07) is 13.8. The first-order chi connectivity index (χ1) is 14.5. The third-order valence-electron chi connectivity index (χ3n) is 4.47. The number of nitrogens with one attached hydrogen (secondary N) is 1. The molecule has 0 spiro atoms. The monoisotopic (exact) mass is 408 g/mol. The van der Waals surface area contributed by atoms with Gasteiger partial charge < -0.3 is 24.3 Å². The van der Waals surface area contributed by atoms with E-state index in [0.29, 0.717) is 29.4 Å². The number of benzene rings is 2. The minimum Gasteiger partial charge on any atom is -0.497 e. The van der Waals surface area contributed by atoms with Crippen molar-refractivity contribution in [3.8, 4) is 11.5 Å². The maximum atomic E-state index is 12.6. The number of aryl methyl sites for hydroxylation is 1. The van der Waals surface area contributed by atoms with Gasteiger partial charge in [0.05, 0.1) is 13.7 Å². The lowest BCUT2D eigenvalue weighted by Crippen LogP contribution is -2.34. The van der Waals surface area contributed by atoms with E-state index >= 15 is 0 Å². The second kappa shape index (κ2) is 9.60. The van der Waals surface area contributed by atoms with Gasteiger partial charge >= 0.3 is 0 Å². The van der Waals surface area contributed by atoms with Crippen molar-refractivity contribution in [3.63, 3.8) is 0 Å². The molecule has 156 valence electrons. The third kappa shape index (κ3) is 5.38. The molecule has 1 heterocycles. The van der Waals surface area contributed by atoms with E-state index in [0.717, 1.165) is 5.82 Å². The molecule has 2 aromatic carbocycles. The van der Waals surface area contributed by atoms with Gasteiger partial charge in [-0.1, -0.05) is 6.07 Å².